The first-order valence-electron chi connectivity index (χ1n) is 7.57. The van der Waals surface area contributed by atoms with Gasteiger partial charge in [0.15, 0.2) is 0 Å². The van der Waals surface area contributed by atoms with Gasteiger partial charge in [-0.1, -0.05) is 36.0 Å². The molecule has 3 nitrogen and oxygen atoms in total. The summed E-state index contributed by atoms with van der Waals surface area (Å²) in [6, 6.07) is 12.4. The molecule has 3 rings (SSSR count). The van der Waals surface area contributed by atoms with E-state index in [-0.39, 0.29) is 0 Å². The largest absolute Gasteiger partial charge is 0.495 e. The summed E-state index contributed by atoms with van der Waals surface area (Å²) in [6.45, 7) is 4.03. The van der Waals surface area contributed by atoms with Gasteiger partial charge in [-0.3, -0.25) is 0 Å². The molecule has 1 aliphatic heterocycles. The first-order valence-corrected chi connectivity index (χ1v) is 8.39. The van der Waals surface area contributed by atoms with Crippen LogP contribution < -0.4 is 15.4 Å². The number of rotatable bonds is 4. The first kappa shape index (κ1) is 15.6. The van der Waals surface area contributed by atoms with Crippen molar-refractivity contribution in [2.24, 2.45) is 0 Å². The molecule has 0 radical (unpaired) electrons. The smallest absolute Gasteiger partial charge is 0.143 e. The minimum atomic E-state index is 0.835. The normalized spacial score (nSPS) is 13.3. The number of nitrogens with one attached hydrogen (secondary N) is 2. The molecule has 0 aliphatic carbocycles. The van der Waals surface area contributed by atoms with Gasteiger partial charge in [0.1, 0.15) is 5.75 Å². The van der Waals surface area contributed by atoms with Crippen molar-refractivity contribution >= 4 is 28.8 Å². The highest BCUT2D eigenvalue weighted by Gasteiger charge is 2.21. The number of allylic oxidation sites excluding steroid dienone is 3. The third-order valence-corrected chi connectivity index (χ3v) is 4.84. The van der Waals surface area contributed by atoms with Crippen molar-refractivity contribution in [1.29, 1.82) is 0 Å². The van der Waals surface area contributed by atoms with Gasteiger partial charge >= 0.3 is 0 Å². The Kier molecular flexibility index (Phi) is 4.63. The van der Waals surface area contributed by atoms with Gasteiger partial charge in [-0.2, -0.15) is 0 Å². The molecule has 1 heterocycles. The Morgan fingerprint density at radius 3 is 2.70 bits per heavy atom. The highest BCUT2D eigenvalue weighted by molar-refractivity contribution is 8.00. The van der Waals surface area contributed by atoms with E-state index in [4.69, 9.17) is 4.74 Å². The molecule has 0 amide bonds. The van der Waals surface area contributed by atoms with Crippen molar-refractivity contribution in [3.63, 3.8) is 0 Å². The maximum absolute atomic E-state index is 5.57. The number of ether oxygens (including phenoxy) is 1. The van der Waals surface area contributed by atoms with Crippen molar-refractivity contribution in [3.8, 4) is 5.75 Å². The summed E-state index contributed by atoms with van der Waals surface area (Å²) < 4.78 is 5.57. The van der Waals surface area contributed by atoms with E-state index in [1.807, 2.05) is 44.2 Å². The van der Waals surface area contributed by atoms with Crippen LogP contribution in [0.1, 0.15) is 13.8 Å². The monoisotopic (exact) mass is 324 g/mol. The lowest BCUT2D eigenvalue weighted by Gasteiger charge is -2.25. The molecule has 0 atom stereocenters. The number of benzene rings is 2. The maximum atomic E-state index is 5.57. The summed E-state index contributed by atoms with van der Waals surface area (Å²) in [4.78, 5) is 2.36. The number of fused-ring (bicyclic) bond motifs is 2. The van der Waals surface area contributed by atoms with Crippen molar-refractivity contribution in [2.75, 3.05) is 17.7 Å². The van der Waals surface area contributed by atoms with Crippen LogP contribution >= 0.6 is 11.8 Å². The summed E-state index contributed by atoms with van der Waals surface area (Å²) in [7, 11) is 1.70. The molecular formula is C19H20N2OS. The van der Waals surface area contributed by atoms with Crippen molar-refractivity contribution in [2.45, 2.75) is 23.6 Å². The second-order valence-corrected chi connectivity index (χ2v) is 6.16. The molecule has 2 aromatic rings. The van der Waals surface area contributed by atoms with E-state index in [1.165, 1.54) is 4.90 Å². The SMILES string of the molecule is C/C=C\C(=C/C)Nc1c(OC)ccc2c1Sc1ccccc1N2. The minimum absolute atomic E-state index is 0.835. The zero-order valence-electron chi connectivity index (χ0n) is 13.5. The van der Waals surface area contributed by atoms with Gasteiger partial charge in [0.25, 0.3) is 0 Å². The fraction of sp³-hybridized carbons (Fsp3) is 0.158. The quantitative estimate of drug-likeness (QED) is 0.595. The molecule has 0 aromatic heterocycles. The molecule has 0 fully saturated rings. The fourth-order valence-corrected chi connectivity index (χ4v) is 3.58. The molecule has 1 aliphatic rings. The summed E-state index contributed by atoms with van der Waals surface area (Å²) >= 11 is 1.75. The van der Waals surface area contributed by atoms with Gasteiger partial charge < -0.3 is 15.4 Å². The number of hydrogen-bond acceptors (Lipinski definition) is 4. The molecule has 0 bridgehead atoms. The Bertz CT molecular complexity index is 781. The van der Waals surface area contributed by atoms with Crippen LogP contribution in [-0.4, -0.2) is 7.11 Å². The molecule has 4 heteroatoms. The van der Waals surface area contributed by atoms with Crippen molar-refractivity contribution in [3.05, 3.63) is 60.3 Å². The third kappa shape index (κ3) is 3.08. The van der Waals surface area contributed by atoms with E-state index in [0.29, 0.717) is 0 Å². The topological polar surface area (TPSA) is 33.3 Å². The van der Waals surface area contributed by atoms with Crippen LogP contribution in [0.3, 0.4) is 0 Å². The standard InChI is InChI=1S/C19H20N2OS/c1-4-8-13(5-2)20-18-16(22-3)12-11-15-19(18)23-17-10-7-6-9-14(17)21-15/h4-12,20-21H,1-3H3/b8-4-,13-5+. The van der Waals surface area contributed by atoms with Gasteiger partial charge in [-0.25, -0.2) is 0 Å². The molecule has 0 saturated carbocycles. The van der Waals surface area contributed by atoms with Crippen molar-refractivity contribution in [1.82, 2.24) is 0 Å². The number of para-hydroxylation sites is 1. The van der Waals surface area contributed by atoms with Crippen LogP contribution in [0, 0.1) is 0 Å². The van der Waals surface area contributed by atoms with Gasteiger partial charge in [0, 0.05) is 10.6 Å². The highest BCUT2D eigenvalue weighted by atomic mass is 32.2. The lowest BCUT2D eigenvalue weighted by Crippen LogP contribution is -2.06. The zero-order valence-corrected chi connectivity index (χ0v) is 14.3. The maximum Gasteiger partial charge on any atom is 0.143 e. The molecule has 2 N–H and O–H groups in total. The molecule has 2 aromatic carbocycles. The number of hydrogen-bond donors (Lipinski definition) is 2. The summed E-state index contributed by atoms with van der Waals surface area (Å²) in [6.07, 6.45) is 6.12. The summed E-state index contributed by atoms with van der Waals surface area (Å²) in [5, 5.41) is 7.00. The second kappa shape index (κ2) is 6.84. The van der Waals surface area contributed by atoms with E-state index in [9.17, 15) is 0 Å². The third-order valence-electron chi connectivity index (χ3n) is 3.63. The predicted molar refractivity (Wildman–Crippen MR) is 99.0 cm³/mol. The van der Waals surface area contributed by atoms with Gasteiger partial charge in [0.2, 0.25) is 0 Å². The van der Waals surface area contributed by atoms with Gasteiger partial charge in [-0.15, -0.1) is 0 Å². The molecule has 23 heavy (non-hydrogen) atoms. The van der Waals surface area contributed by atoms with Crippen molar-refractivity contribution < 1.29 is 4.74 Å². The van der Waals surface area contributed by atoms with Crippen LogP contribution in [0.15, 0.2) is 70.1 Å². The Labute approximate surface area is 141 Å². The summed E-state index contributed by atoms with van der Waals surface area (Å²) in [5.41, 5.74) is 4.26. The lowest BCUT2D eigenvalue weighted by atomic mass is 10.2. The highest BCUT2D eigenvalue weighted by Crippen LogP contribution is 2.50. The predicted octanol–water partition coefficient (Wildman–Crippen LogP) is 5.80. The van der Waals surface area contributed by atoms with E-state index in [0.717, 1.165) is 33.4 Å². The molecule has 0 unspecified atom stereocenters. The number of methoxy groups -OCH3 is 1. The minimum Gasteiger partial charge on any atom is -0.495 e. The Balaban J connectivity index is 2.06. The molecule has 118 valence electrons. The lowest BCUT2D eigenvalue weighted by molar-refractivity contribution is 0.416. The molecule has 0 saturated heterocycles. The Hall–Kier alpha value is -2.33. The van der Waals surface area contributed by atoms with Crippen LogP contribution in [0.2, 0.25) is 0 Å². The van der Waals surface area contributed by atoms with Gasteiger partial charge in [-0.05, 0) is 44.2 Å². The fourth-order valence-electron chi connectivity index (χ4n) is 2.51. The van der Waals surface area contributed by atoms with Crippen LogP contribution in [-0.2, 0) is 0 Å². The van der Waals surface area contributed by atoms with Crippen LogP contribution in [0.4, 0.5) is 17.1 Å². The van der Waals surface area contributed by atoms with Gasteiger partial charge in [0.05, 0.1) is 29.1 Å². The Morgan fingerprint density at radius 1 is 1.13 bits per heavy atom. The molecular weight excluding hydrogens is 304 g/mol. The Morgan fingerprint density at radius 2 is 1.96 bits per heavy atom. The average molecular weight is 324 g/mol. The van der Waals surface area contributed by atoms with E-state index < -0.39 is 0 Å². The zero-order chi connectivity index (χ0) is 16.2. The average Bonchev–Trinajstić information content (AvgIpc) is 2.59. The second-order valence-electron chi connectivity index (χ2n) is 5.11. The van der Waals surface area contributed by atoms with E-state index in [2.05, 4.69) is 34.9 Å². The van der Waals surface area contributed by atoms with E-state index in [1.54, 1.807) is 18.9 Å². The number of anilines is 3. The molecule has 0 spiro atoms. The van der Waals surface area contributed by atoms with Crippen LogP contribution in [0.5, 0.6) is 5.75 Å². The van der Waals surface area contributed by atoms with Crippen LogP contribution in [0.25, 0.3) is 0 Å². The summed E-state index contributed by atoms with van der Waals surface area (Å²) in [5.74, 6) is 0.835. The first-order chi connectivity index (χ1) is 11.3. The van der Waals surface area contributed by atoms with E-state index >= 15 is 0 Å².